The van der Waals surface area contributed by atoms with Crippen LogP contribution in [0.15, 0.2) is 35.3 Å². The van der Waals surface area contributed by atoms with Gasteiger partial charge in [0.05, 0.1) is 0 Å². The Morgan fingerprint density at radius 3 is 2.16 bits per heavy atom. The van der Waals surface area contributed by atoms with Crippen molar-refractivity contribution < 1.29 is 14.4 Å². The number of amides is 3. The van der Waals surface area contributed by atoms with Gasteiger partial charge in [-0.05, 0) is 37.8 Å². The van der Waals surface area contributed by atoms with E-state index in [2.05, 4.69) is 20.9 Å². The van der Waals surface area contributed by atoms with Crippen molar-refractivity contribution in [3.05, 3.63) is 30.3 Å². The second-order valence-electron chi connectivity index (χ2n) is 7.76. The van der Waals surface area contributed by atoms with Crippen molar-refractivity contribution >= 4 is 29.4 Å². The van der Waals surface area contributed by atoms with Crippen molar-refractivity contribution in [2.45, 2.75) is 65.0 Å². The number of anilines is 1. The molecule has 0 spiro atoms. The Morgan fingerprint density at radius 2 is 1.65 bits per heavy atom. The molecule has 0 unspecified atom stereocenters. The van der Waals surface area contributed by atoms with Crippen LogP contribution in [-0.4, -0.2) is 41.8 Å². The molecule has 3 amide bonds. The minimum atomic E-state index is -1.09. The van der Waals surface area contributed by atoms with Crippen LogP contribution in [0.5, 0.6) is 0 Å². The molecule has 0 radical (unpaired) electrons. The Balaban J connectivity index is 3.00. The third-order valence-corrected chi connectivity index (χ3v) is 5.14. The normalized spacial score (nSPS) is 12.0. The Bertz CT molecular complexity index is 756. The maximum absolute atomic E-state index is 13.2. The first-order chi connectivity index (χ1) is 14.6. The summed E-state index contributed by atoms with van der Waals surface area (Å²) in [6, 6.07) is 8.18. The number of guanidine groups is 1. The molecule has 0 aliphatic rings. The number of hydrogen-bond donors (Lipinski definition) is 5. The van der Waals surface area contributed by atoms with E-state index in [9.17, 15) is 14.4 Å². The number of rotatable bonds is 12. The van der Waals surface area contributed by atoms with E-state index in [0.29, 0.717) is 37.9 Å². The number of nitrogens with two attached hydrogens (primary N) is 2. The fourth-order valence-corrected chi connectivity index (χ4v) is 3.00. The van der Waals surface area contributed by atoms with E-state index in [1.165, 1.54) is 0 Å². The molecule has 9 heteroatoms. The number of benzene rings is 1. The molecule has 1 aromatic rings. The van der Waals surface area contributed by atoms with Gasteiger partial charge in [-0.1, -0.05) is 45.9 Å². The van der Waals surface area contributed by atoms with E-state index in [1.807, 2.05) is 32.0 Å². The van der Waals surface area contributed by atoms with Crippen molar-refractivity contribution in [3.8, 4) is 0 Å². The number of nitrogens with zero attached hydrogens (tertiary/aromatic N) is 1. The highest BCUT2D eigenvalue weighted by molar-refractivity contribution is 5.99. The molecule has 0 fully saturated rings. The van der Waals surface area contributed by atoms with Crippen molar-refractivity contribution in [2.24, 2.45) is 22.4 Å². The highest BCUT2D eigenvalue weighted by Crippen LogP contribution is 2.18. The summed E-state index contributed by atoms with van der Waals surface area (Å²) in [6.45, 7) is 7.54. The molecule has 0 saturated carbocycles. The zero-order valence-electron chi connectivity index (χ0n) is 18.9. The molecule has 1 rings (SSSR count). The first-order valence-electron chi connectivity index (χ1n) is 10.7. The molecule has 0 aliphatic carbocycles. The fraction of sp³-hybridized carbons (Fsp3) is 0.545. The van der Waals surface area contributed by atoms with E-state index < -0.39 is 11.6 Å². The van der Waals surface area contributed by atoms with Crippen molar-refractivity contribution in [3.63, 3.8) is 0 Å². The third-order valence-electron chi connectivity index (χ3n) is 5.14. The van der Waals surface area contributed by atoms with Crippen LogP contribution in [0.4, 0.5) is 5.69 Å². The largest absolute Gasteiger partial charge is 0.370 e. The van der Waals surface area contributed by atoms with Crippen LogP contribution in [0.2, 0.25) is 0 Å². The second-order valence-corrected chi connectivity index (χ2v) is 7.76. The third kappa shape index (κ3) is 8.27. The van der Waals surface area contributed by atoms with Crippen LogP contribution >= 0.6 is 0 Å². The number of aliphatic imine (C=N–C) groups is 1. The highest BCUT2D eigenvalue weighted by atomic mass is 16.2. The van der Waals surface area contributed by atoms with E-state index in [1.54, 1.807) is 26.0 Å². The fourth-order valence-electron chi connectivity index (χ4n) is 3.00. The van der Waals surface area contributed by atoms with Crippen LogP contribution in [0, 0.1) is 5.92 Å². The minimum Gasteiger partial charge on any atom is -0.370 e. The van der Waals surface area contributed by atoms with Crippen LogP contribution < -0.4 is 27.4 Å². The predicted octanol–water partition coefficient (Wildman–Crippen LogP) is 1.49. The highest BCUT2D eigenvalue weighted by Gasteiger charge is 2.38. The maximum Gasteiger partial charge on any atom is 0.246 e. The van der Waals surface area contributed by atoms with Gasteiger partial charge in [-0.25, -0.2) is 0 Å². The molecule has 0 aliphatic heterocycles. The topological polar surface area (TPSA) is 152 Å². The van der Waals surface area contributed by atoms with Gasteiger partial charge in [0.1, 0.15) is 11.6 Å². The molecule has 0 aromatic heterocycles. The van der Waals surface area contributed by atoms with Gasteiger partial charge in [-0.15, -0.1) is 0 Å². The molecule has 1 atom stereocenters. The summed E-state index contributed by atoms with van der Waals surface area (Å²) in [5.41, 5.74) is 10.2. The summed E-state index contributed by atoms with van der Waals surface area (Å²) in [6.07, 6.45) is 1.63. The number of nitrogens with one attached hydrogen (secondary N) is 3. The molecule has 1 aromatic carbocycles. The van der Waals surface area contributed by atoms with Gasteiger partial charge in [0.25, 0.3) is 0 Å². The standard InChI is InChI=1S/C22H36N6O3/c1-5-22(6-2,28-18(29)15(3)4)20(31)27-17(13-10-14-25-21(23)24)19(30)26-16-11-8-7-9-12-16/h7-9,11-12,15,17H,5-6,10,13-14H2,1-4H3,(H,26,30)(H,27,31)(H,28,29)(H4,23,24,25)/t17-/m0/s1. The number of hydrogen-bond acceptors (Lipinski definition) is 4. The molecule has 0 saturated heterocycles. The van der Waals surface area contributed by atoms with Crippen molar-refractivity contribution in [1.82, 2.24) is 10.6 Å². The molecule has 9 nitrogen and oxygen atoms in total. The number of carbonyl (C=O) groups excluding carboxylic acids is 3. The van der Waals surface area contributed by atoms with E-state index in [-0.39, 0.29) is 29.6 Å². The number of carbonyl (C=O) groups is 3. The van der Waals surface area contributed by atoms with Gasteiger partial charge in [0.15, 0.2) is 5.96 Å². The van der Waals surface area contributed by atoms with Crippen LogP contribution in [0.3, 0.4) is 0 Å². The summed E-state index contributed by atoms with van der Waals surface area (Å²) in [5, 5.41) is 8.52. The van der Waals surface area contributed by atoms with Gasteiger partial charge in [0, 0.05) is 18.2 Å². The molecule has 172 valence electrons. The first kappa shape index (κ1) is 25.9. The Labute approximate surface area is 184 Å². The summed E-state index contributed by atoms with van der Waals surface area (Å²) in [4.78, 5) is 42.4. The molecule has 0 bridgehead atoms. The smallest absolute Gasteiger partial charge is 0.246 e. The number of para-hydroxylation sites is 1. The minimum absolute atomic E-state index is 0.0262. The molecule has 31 heavy (non-hydrogen) atoms. The van der Waals surface area contributed by atoms with Gasteiger partial charge in [-0.3, -0.25) is 19.4 Å². The predicted molar refractivity (Wildman–Crippen MR) is 123 cm³/mol. The van der Waals surface area contributed by atoms with Crippen molar-refractivity contribution in [2.75, 3.05) is 11.9 Å². The van der Waals surface area contributed by atoms with Crippen molar-refractivity contribution in [1.29, 1.82) is 0 Å². The first-order valence-corrected chi connectivity index (χ1v) is 10.7. The lowest BCUT2D eigenvalue weighted by atomic mass is 9.90. The van der Waals surface area contributed by atoms with Crippen LogP contribution in [0.25, 0.3) is 0 Å². The quantitative estimate of drug-likeness (QED) is 0.192. The SMILES string of the molecule is CCC(CC)(NC(=O)C(C)C)C(=O)N[C@@H](CCCN=C(N)N)C(=O)Nc1ccccc1. The summed E-state index contributed by atoms with van der Waals surface area (Å²) >= 11 is 0. The van der Waals surface area contributed by atoms with Gasteiger partial charge in [-0.2, -0.15) is 0 Å². The zero-order chi connectivity index (χ0) is 23.4. The lowest BCUT2D eigenvalue weighted by Crippen LogP contribution is -2.61. The van der Waals surface area contributed by atoms with E-state index in [0.717, 1.165) is 0 Å². The van der Waals surface area contributed by atoms with Gasteiger partial charge in [0.2, 0.25) is 17.7 Å². The average molecular weight is 433 g/mol. The van der Waals surface area contributed by atoms with Gasteiger partial charge >= 0.3 is 0 Å². The molecule has 0 heterocycles. The van der Waals surface area contributed by atoms with E-state index in [4.69, 9.17) is 11.5 Å². The Kier molecular flexibility index (Phi) is 10.5. The van der Waals surface area contributed by atoms with Crippen LogP contribution in [-0.2, 0) is 14.4 Å². The lowest BCUT2D eigenvalue weighted by molar-refractivity contribution is -0.137. The van der Waals surface area contributed by atoms with E-state index >= 15 is 0 Å². The Hall–Kier alpha value is -3.10. The average Bonchev–Trinajstić information content (AvgIpc) is 2.74. The summed E-state index contributed by atoms with van der Waals surface area (Å²) in [5.74, 6) is -1.23. The van der Waals surface area contributed by atoms with Crippen LogP contribution in [0.1, 0.15) is 53.4 Å². The van der Waals surface area contributed by atoms with Gasteiger partial charge < -0.3 is 27.4 Å². The second kappa shape index (κ2) is 12.6. The monoisotopic (exact) mass is 432 g/mol. The zero-order valence-corrected chi connectivity index (χ0v) is 18.9. The maximum atomic E-state index is 13.2. The molecular formula is C22H36N6O3. The summed E-state index contributed by atoms with van der Waals surface area (Å²) < 4.78 is 0. The molecule has 7 N–H and O–H groups in total. The molecular weight excluding hydrogens is 396 g/mol. The lowest BCUT2D eigenvalue weighted by Gasteiger charge is -2.33. The summed E-state index contributed by atoms with van der Waals surface area (Å²) in [7, 11) is 0. The Morgan fingerprint density at radius 1 is 1.03 bits per heavy atom.